The fourth-order valence-electron chi connectivity index (χ4n) is 4.21. The van der Waals surface area contributed by atoms with E-state index in [9.17, 15) is 26.4 Å². The van der Waals surface area contributed by atoms with Gasteiger partial charge in [-0.2, -0.15) is 13.2 Å². The number of carbonyl (C=O) groups is 1. The number of pyridine rings is 1. The van der Waals surface area contributed by atoms with Crippen molar-refractivity contribution in [1.29, 1.82) is 0 Å². The minimum Gasteiger partial charge on any atom is -0.371 e. The molecule has 11 heteroatoms. The molecule has 0 atom stereocenters. The predicted octanol–water partition coefficient (Wildman–Crippen LogP) is 4.12. The maximum absolute atomic E-state index is 12.8. The van der Waals surface area contributed by atoms with E-state index in [2.05, 4.69) is 10.3 Å². The number of primary sulfonamides is 1. The van der Waals surface area contributed by atoms with E-state index in [0.717, 1.165) is 17.7 Å². The van der Waals surface area contributed by atoms with E-state index in [-0.39, 0.29) is 22.5 Å². The normalized spacial score (nSPS) is 15.1. The Morgan fingerprint density at radius 1 is 1.06 bits per heavy atom. The van der Waals surface area contributed by atoms with Crippen LogP contribution in [0.4, 0.5) is 18.9 Å². The summed E-state index contributed by atoms with van der Waals surface area (Å²) in [6, 6.07) is 12.9. The summed E-state index contributed by atoms with van der Waals surface area (Å²) < 4.78 is 62.2. The van der Waals surface area contributed by atoms with E-state index >= 15 is 0 Å². The first-order chi connectivity index (χ1) is 16.9. The van der Waals surface area contributed by atoms with Crippen molar-refractivity contribution in [3.8, 4) is 11.1 Å². The van der Waals surface area contributed by atoms with Crippen LogP contribution >= 0.6 is 0 Å². The number of aryl methyl sites for hydroxylation is 1. The Hall–Kier alpha value is -3.44. The van der Waals surface area contributed by atoms with Gasteiger partial charge in [-0.15, -0.1) is 0 Å². The van der Waals surface area contributed by atoms with Gasteiger partial charge in [0.25, 0.3) is 5.91 Å². The summed E-state index contributed by atoms with van der Waals surface area (Å²) in [5, 5.41) is 8.28. The zero-order valence-corrected chi connectivity index (χ0v) is 20.2. The van der Waals surface area contributed by atoms with Gasteiger partial charge in [0, 0.05) is 42.1 Å². The number of anilines is 1. The van der Waals surface area contributed by atoms with Gasteiger partial charge >= 0.3 is 6.18 Å². The van der Waals surface area contributed by atoms with Gasteiger partial charge < -0.3 is 10.2 Å². The van der Waals surface area contributed by atoms with E-state index < -0.39 is 21.8 Å². The van der Waals surface area contributed by atoms with Crippen molar-refractivity contribution in [1.82, 2.24) is 10.3 Å². The SMILES string of the molecule is Cc1ccc(S(N)(=O)=O)c(-c2ccc(C(=O)NC3CCN(c4ccc(C(F)(F)F)cc4)CC3)nc2)c1. The lowest BCUT2D eigenvalue weighted by Crippen LogP contribution is -2.44. The highest BCUT2D eigenvalue weighted by Crippen LogP contribution is 2.31. The van der Waals surface area contributed by atoms with Crippen molar-refractivity contribution in [3.63, 3.8) is 0 Å². The highest BCUT2D eigenvalue weighted by molar-refractivity contribution is 7.89. The van der Waals surface area contributed by atoms with Crippen LogP contribution in [0.3, 0.4) is 0 Å². The highest BCUT2D eigenvalue weighted by atomic mass is 32.2. The number of amides is 1. The summed E-state index contributed by atoms with van der Waals surface area (Å²) in [6.45, 7) is 3.01. The van der Waals surface area contributed by atoms with Crippen LogP contribution in [0.2, 0.25) is 0 Å². The second-order valence-electron chi connectivity index (χ2n) is 8.76. The molecule has 1 aromatic heterocycles. The minimum atomic E-state index is -4.37. The van der Waals surface area contributed by atoms with Crippen molar-refractivity contribution >= 4 is 21.6 Å². The monoisotopic (exact) mass is 518 g/mol. The Morgan fingerprint density at radius 3 is 2.28 bits per heavy atom. The standard InChI is InChI=1S/C25H25F3N4O3S/c1-16-2-9-23(36(29,34)35)21(14-16)17-3-8-22(30-15-17)24(33)31-19-10-12-32(13-11-19)20-6-4-18(5-7-20)25(26,27)28/h2-9,14-15,19H,10-13H2,1H3,(H,31,33)(H2,29,34,35). The van der Waals surface area contributed by atoms with Crippen molar-refractivity contribution in [2.75, 3.05) is 18.0 Å². The summed E-state index contributed by atoms with van der Waals surface area (Å²) in [4.78, 5) is 18.9. The lowest BCUT2D eigenvalue weighted by atomic mass is 10.0. The van der Waals surface area contributed by atoms with Gasteiger partial charge in [0.05, 0.1) is 10.5 Å². The molecule has 0 unspecified atom stereocenters. The van der Waals surface area contributed by atoms with Crippen molar-refractivity contribution in [2.45, 2.75) is 36.9 Å². The number of aromatic nitrogens is 1. The maximum atomic E-state index is 12.8. The first-order valence-corrected chi connectivity index (χ1v) is 12.8. The summed E-state index contributed by atoms with van der Waals surface area (Å²) in [7, 11) is -3.94. The fourth-order valence-corrected chi connectivity index (χ4v) is 4.95. The molecular weight excluding hydrogens is 493 g/mol. The van der Waals surface area contributed by atoms with E-state index in [1.807, 2.05) is 11.8 Å². The number of carbonyl (C=O) groups excluding carboxylic acids is 1. The van der Waals surface area contributed by atoms with Gasteiger partial charge in [0.1, 0.15) is 5.69 Å². The number of piperidine rings is 1. The summed E-state index contributed by atoms with van der Waals surface area (Å²) in [5.74, 6) is -0.356. The molecule has 36 heavy (non-hydrogen) atoms. The number of alkyl halides is 3. The molecule has 0 radical (unpaired) electrons. The average molecular weight is 519 g/mol. The Kier molecular flexibility index (Phi) is 7.05. The van der Waals surface area contributed by atoms with E-state index in [1.54, 1.807) is 18.2 Å². The Balaban J connectivity index is 1.38. The van der Waals surface area contributed by atoms with E-state index in [0.29, 0.717) is 42.7 Å². The Morgan fingerprint density at radius 2 is 1.72 bits per heavy atom. The molecule has 0 aliphatic carbocycles. The highest BCUT2D eigenvalue weighted by Gasteiger charge is 2.30. The smallest absolute Gasteiger partial charge is 0.371 e. The topological polar surface area (TPSA) is 105 Å². The van der Waals surface area contributed by atoms with Gasteiger partial charge in [0.15, 0.2) is 0 Å². The summed E-state index contributed by atoms with van der Waals surface area (Å²) >= 11 is 0. The lowest BCUT2D eigenvalue weighted by Gasteiger charge is -2.34. The molecule has 2 aromatic carbocycles. The average Bonchev–Trinajstić information content (AvgIpc) is 2.83. The number of benzene rings is 2. The molecule has 1 amide bonds. The van der Waals surface area contributed by atoms with Gasteiger partial charge in [-0.25, -0.2) is 13.6 Å². The number of sulfonamides is 1. The summed E-state index contributed by atoms with van der Waals surface area (Å²) in [5.41, 5.74) is 1.99. The zero-order valence-electron chi connectivity index (χ0n) is 19.4. The molecule has 3 aromatic rings. The first kappa shape index (κ1) is 25.6. The summed E-state index contributed by atoms with van der Waals surface area (Å²) in [6.07, 6.45) is -1.67. The molecule has 3 N–H and O–H groups in total. The lowest BCUT2D eigenvalue weighted by molar-refractivity contribution is -0.137. The van der Waals surface area contributed by atoms with Crippen LogP contribution in [0.5, 0.6) is 0 Å². The van der Waals surface area contributed by atoms with Crippen LogP contribution in [0.15, 0.2) is 65.7 Å². The molecule has 0 bridgehead atoms. The Bertz CT molecular complexity index is 1350. The number of nitrogens with zero attached hydrogens (tertiary/aromatic N) is 2. The van der Waals surface area contributed by atoms with Crippen molar-refractivity contribution < 1.29 is 26.4 Å². The van der Waals surface area contributed by atoms with Crippen molar-refractivity contribution in [3.05, 3.63) is 77.6 Å². The van der Waals surface area contributed by atoms with Crippen LogP contribution in [-0.2, 0) is 16.2 Å². The van der Waals surface area contributed by atoms with Crippen LogP contribution < -0.4 is 15.4 Å². The number of rotatable bonds is 5. The number of nitrogens with two attached hydrogens (primary N) is 1. The first-order valence-electron chi connectivity index (χ1n) is 11.2. The van der Waals surface area contributed by atoms with Gasteiger partial charge in [-0.1, -0.05) is 23.8 Å². The number of nitrogens with one attached hydrogen (secondary N) is 1. The third-order valence-corrected chi connectivity index (χ3v) is 7.11. The zero-order chi connectivity index (χ0) is 26.1. The van der Waals surface area contributed by atoms with Crippen molar-refractivity contribution in [2.24, 2.45) is 5.14 Å². The predicted molar refractivity (Wildman–Crippen MR) is 130 cm³/mol. The molecule has 0 saturated carbocycles. The maximum Gasteiger partial charge on any atom is 0.416 e. The number of hydrogen-bond acceptors (Lipinski definition) is 5. The minimum absolute atomic E-state index is 0.0214. The molecule has 190 valence electrons. The molecule has 1 saturated heterocycles. The van der Waals surface area contributed by atoms with E-state index in [1.165, 1.54) is 30.5 Å². The van der Waals surface area contributed by atoms with Crippen LogP contribution in [-0.4, -0.2) is 38.4 Å². The quantitative estimate of drug-likeness (QED) is 0.529. The molecular formula is C25H25F3N4O3S. The second kappa shape index (κ2) is 9.90. The second-order valence-corrected chi connectivity index (χ2v) is 10.3. The van der Waals surface area contributed by atoms with Crippen LogP contribution in [0.25, 0.3) is 11.1 Å². The third kappa shape index (κ3) is 5.85. The van der Waals surface area contributed by atoms with E-state index in [4.69, 9.17) is 5.14 Å². The van der Waals surface area contributed by atoms with Crippen LogP contribution in [0, 0.1) is 6.92 Å². The van der Waals surface area contributed by atoms with Gasteiger partial charge in [-0.3, -0.25) is 9.78 Å². The van der Waals surface area contributed by atoms with Gasteiger partial charge in [0.2, 0.25) is 10.0 Å². The third-order valence-electron chi connectivity index (χ3n) is 6.14. The molecule has 4 rings (SSSR count). The molecule has 1 fully saturated rings. The molecule has 2 heterocycles. The van der Waals surface area contributed by atoms with Crippen LogP contribution in [0.1, 0.15) is 34.5 Å². The molecule has 1 aliphatic rings. The molecule has 1 aliphatic heterocycles. The largest absolute Gasteiger partial charge is 0.416 e. The molecule has 0 spiro atoms. The van der Waals surface area contributed by atoms with Gasteiger partial charge in [-0.05, 0) is 56.2 Å². The molecule has 7 nitrogen and oxygen atoms in total. The fraction of sp³-hybridized carbons (Fsp3) is 0.280. The number of halogens is 3. The number of hydrogen-bond donors (Lipinski definition) is 2. The Labute approximate surface area is 207 Å².